The molecule has 18 heavy (non-hydrogen) atoms. The Morgan fingerprint density at radius 3 is 2.44 bits per heavy atom. The lowest BCUT2D eigenvalue weighted by Crippen LogP contribution is -2.00. The van der Waals surface area contributed by atoms with Crippen LogP contribution in [0.5, 0.6) is 0 Å². The molecule has 1 rings (SSSR count). The van der Waals surface area contributed by atoms with Crippen LogP contribution >= 0.6 is 27.3 Å². The Balaban J connectivity index is 2.00. The number of carbonyl (C=O) groups excluding carboxylic acids is 1. The van der Waals surface area contributed by atoms with E-state index in [2.05, 4.69) is 22.9 Å². The molecule has 0 aromatic carbocycles. The second kappa shape index (κ2) is 9.74. The third-order valence-corrected chi connectivity index (χ3v) is 4.75. The summed E-state index contributed by atoms with van der Waals surface area (Å²) in [6.07, 6.45) is 10.3. The van der Waals surface area contributed by atoms with Gasteiger partial charge in [-0.05, 0) is 28.4 Å². The lowest BCUT2D eigenvalue weighted by atomic mass is 10.1. The summed E-state index contributed by atoms with van der Waals surface area (Å²) in [7, 11) is 0. The number of halogens is 1. The fraction of sp³-hybridized carbons (Fsp3) is 0.667. The molecule has 0 spiro atoms. The zero-order valence-electron chi connectivity index (χ0n) is 11.2. The topological polar surface area (TPSA) is 17.1 Å². The van der Waals surface area contributed by atoms with Gasteiger partial charge < -0.3 is 0 Å². The number of rotatable bonds is 10. The molecule has 0 N–H and O–H groups in total. The maximum atomic E-state index is 11.7. The molecule has 1 nitrogen and oxygen atoms in total. The van der Waals surface area contributed by atoms with Gasteiger partial charge in [0.05, 0.1) is 0 Å². The van der Waals surface area contributed by atoms with Crippen LogP contribution in [0.1, 0.15) is 63.2 Å². The molecule has 0 aliphatic heterocycles. The van der Waals surface area contributed by atoms with Gasteiger partial charge in [0.1, 0.15) is 5.78 Å². The number of carbonyl (C=O) groups is 1. The molecule has 0 aliphatic carbocycles. The Labute approximate surface area is 123 Å². The Morgan fingerprint density at radius 2 is 1.83 bits per heavy atom. The number of unbranched alkanes of at least 4 members (excludes halogenated alkanes) is 6. The first-order valence-electron chi connectivity index (χ1n) is 6.97. The van der Waals surface area contributed by atoms with Crippen molar-refractivity contribution in [1.82, 2.24) is 0 Å². The van der Waals surface area contributed by atoms with Crippen molar-refractivity contribution in [1.29, 1.82) is 0 Å². The van der Waals surface area contributed by atoms with Crippen molar-refractivity contribution >= 4 is 33.0 Å². The largest absolute Gasteiger partial charge is 0.299 e. The summed E-state index contributed by atoms with van der Waals surface area (Å²) >= 11 is 5.08. The highest BCUT2D eigenvalue weighted by Gasteiger charge is 2.05. The van der Waals surface area contributed by atoms with Crippen LogP contribution in [0.15, 0.2) is 15.9 Å². The molecular weight excluding hydrogens is 308 g/mol. The molecule has 0 amide bonds. The summed E-state index contributed by atoms with van der Waals surface area (Å²) in [5, 5.41) is 2.04. The van der Waals surface area contributed by atoms with Crippen LogP contribution in [-0.2, 0) is 11.2 Å². The van der Waals surface area contributed by atoms with Crippen LogP contribution in [-0.4, -0.2) is 5.78 Å². The van der Waals surface area contributed by atoms with E-state index in [-0.39, 0.29) is 0 Å². The van der Waals surface area contributed by atoms with Crippen LogP contribution in [0.3, 0.4) is 0 Å². The van der Waals surface area contributed by atoms with Crippen LogP contribution in [0.4, 0.5) is 0 Å². The third kappa shape index (κ3) is 7.32. The van der Waals surface area contributed by atoms with Gasteiger partial charge in [-0.1, -0.05) is 45.4 Å². The summed E-state index contributed by atoms with van der Waals surface area (Å²) in [5.41, 5.74) is 0. The maximum Gasteiger partial charge on any atom is 0.138 e. The van der Waals surface area contributed by atoms with Crippen LogP contribution in [0.25, 0.3) is 0 Å². The Hall–Kier alpha value is -0.150. The minimum absolute atomic E-state index is 0.387. The van der Waals surface area contributed by atoms with Crippen LogP contribution in [0, 0.1) is 0 Å². The van der Waals surface area contributed by atoms with Gasteiger partial charge in [0.2, 0.25) is 0 Å². The maximum absolute atomic E-state index is 11.7. The molecule has 0 fully saturated rings. The SMILES string of the molecule is CCCCCCCCCC(=O)Cc1cc(Br)cs1. The Bertz CT molecular complexity index is 346. The minimum Gasteiger partial charge on any atom is -0.299 e. The molecule has 102 valence electrons. The molecule has 1 heterocycles. The monoisotopic (exact) mass is 330 g/mol. The summed E-state index contributed by atoms with van der Waals surface area (Å²) < 4.78 is 1.09. The van der Waals surface area contributed by atoms with Crippen molar-refractivity contribution in [2.45, 2.75) is 64.7 Å². The van der Waals surface area contributed by atoms with Gasteiger partial charge in [-0.25, -0.2) is 0 Å². The first-order valence-corrected chi connectivity index (χ1v) is 8.64. The molecule has 0 unspecified atom stereocenters. The van der Waals surface area contributed by atoms with E-state index in [1.54, 1.807) is 11.3 Å². The molecule has 0 saturated heterocycles. The second-order valence-corrected chi connectivity index (χ2v) is 6.73. The zero-order valence-corrected chi connectivity index (χ0v) is 13.6. The van der Waals surface area contributed by atoms with Crippen molar-refractivity contribution in [3.63, 3.8) is 0 Å². The predicted octanol–water partition coefficient (Wildman–Crippen LogP) is 5.76. The quantitative estimate of drug-likeness (QED) is 0.498. The fourth-order valence-corrected chi connectivity index (χ4v) is 3.49. The van der Waals surface area contributed by atoms with E-state index in [0.29, 0.717) is 12.2 Å². The fourth-order valence-electron chi connectivity index (χ4n) is 2.01. The minimum atomic E-state index is 0.387. The first-order chi connectivity index (χ1) is 8.72. The van der Waals surface area contributed by atoms with E-state index in [0.717, 1.165) is 17.3 Å². The third-order valence-electron chi connectivity index (χ3n) is 3.05. The molecular formula is C15H23BrOS. The highest BCUT2D eigenvalue weighted by Crippen LogP contribution is 2.21. The predicted molar refractivity (Wildman–Crippen MR) is 83.3 cm³/mol. The van der Waals surface area contributed by atoms with Crippen molar-refractivity contribution < 1.29 is 4.79 Å². The van der Waals surface area contributed by atoms with Gasteiger partial charge >= 0.3 is 0 Å². The smallest absolute Gasteiger partial charge is 0.138 e. The van der Waals surface area contributed by atoms with E-state index < -0.39 is 0 Å². The zero-order chi connectivity index (χ0) is 13.2. The normalized spacial score (nSPS) is 10.8. The van der Waals surface area contributed by atoms with Crippen molar-refractivity contribution in [2.75, 3.05) is 0 Å². The highest BCUT2D eigenvalue weighted by molar-refractivity contribution is 9.10. The molecule has 1 aromatic heterocycles. The van der Waals surface area contributed by atoms with Gasteiger partial charge in [-0.3, -0.25) is 4.79 Å². The molecule has 0 radical (unpaired) electrons. The Morgan fingerprint density at radius 1 is 1.17 bits per heavy atom. The lowest BCUT2D eigenvalue weighted by Gasteiger charge is -2.01. The number of thiophene rings is 1. The van der Waals surface area contributed by atoms with Crippen molar-refractivity contribution in [3.05, 3.63) is 20.8 Å². The molecule has 0 saturated carbocycles. The van der Waals surface area contributed by atoms with E-state index in [9.17, 15) is 4.79 Å². The number of hydrogen-bond acceptors (Lipinski definition) is 2. The molecule has 3 heteroatoms. The highest BCUT2D eigenvalue weighted by atomic mass is 79.9. The van der Waals surface area contributed by atoms with Crippen molar-refractivity contribution in [3.8, 4) is 0 Å². The van der Waals surface area contributed by atoms with Gasteiger partial charge in [0.15, 0.2) is 0 Å². The second-order valence-electron chi connectivity index (χ2n) is 4.82. The van der Waals surface area contributed by atoms with Gasteiger partial charge in [0, 0.05) is 27.6 Å². The molecule has 0 aliphatic rings. The van der Waals surface area contributed by atoms with Crippen molar-refractivity contribution in [2.24, 2.45) is 0 Å². The summed E-state index contributed by atoms with van der Waals surface area (Å²) in [5.74, 6) is 0.387. The average Bonchev–Trinajstić information content (AvgIpc) is 2.73. The van der Waals surface area contributed by atoms with Gasteiger partial charge in [0.25, 0.3) is 0 Å². The average molecular weight is 331 g/mol. The number of hydrogen-bond donors (Lipinski definition) is 0. The molecule has 1 aromatic rings. The standard InChI is InChI=1S/C15H23BrOS/c1-2-3-4-5-6-7-8-9-14(17)11-15-10-13(16)12-18-15/h10,12H,2-9,11H2,1H3. The van der Waals surface area contributed by atoms with E-state index >= 15 is 0 Å². The molecule has 0 bridgehead atoms. The molecule has 0 atom stereocenters. The number of Topliss-reactive ketones (excluding diaryl/α,β-unsaturated/α-hetero) is 1. The van der Waals surface area contributed by atoms with Gasteiger partial charge in [-0.2, -0.15) is 0 Å². The lowest BCUT2D eigenvalue weighted by molar-refractivity contribution is -0.118. The summed E-state index contributed by atoms with van der Waals surface area (Å²) in [4.78, 5) is 12.9. The van der Waals surface area contributed by atoms with Crippen LogP contribution < -0.4 is 0 Å². The van der Waals surface area contributed by atoms with E-state index in [1.165, 1.54) is 43.4 Å². The summed E-state index contributed by atoms with van der Waals surface area (Å²) in [6.45, 7) is 2.24. The number of ketones is 1. The Kier molecular flexibility index (Phi) is 8.60. The van der Waals surface area contributed by atoms with Gasteiger partial charge in [-0.15, -0.1) is 11.3 Å². The summed E-state index contributed by atoms with van der Waals surface area (Å²) in [6, 6.07) is 2.05. The van der Waals surface area contributed by atoms with E-state index in [1.807, 2.05) is 11.4 Å². The van der Waals surface area contributed by atoms with E-state index in [4.69, 9.17) is 0 Å². The first kappa shape index (κ1) is 15.9. The van der Waals surface area contributed by atoms with Crippen LogP contribution in [0.2, 0.25) is 0 Å².